The summed E-state index contributed by atoms with van der Waals surface area (Å²) in [4.78, 5) is 36.2. The predicted molar refractivity (Wildman–Crippen MR) is 177 cm³/mol. The molecule has 8 nitrogen and oxygen atoms in total. The Morgan fingerprint density at radius 1 is 0.578 bits per heavy atom. The summed E-state index contributed by atoms with van der Waals surface area (Å²) in [6.45, 7) is 5.06. The van der Waals surface area contributed by atoms with Gasteiger partial charge in [-0.05, 0) is 57.8 Å². The van der Waals surface area contributed by atoms with E-state index < -0.39 is 23.8 Å². The van der Waals surface area contributed by atoms with Gasteiger partial charge in [0, 0.05) is 6.42 Å². The van der Waals surface area contributed by atoms with Crippen LogP contribution in [0.5, 0.6) is 0 Å². The van der Waals surface area contributed by atoms with Crippen LogP contribution in [0.4, 0.5) is 0 Å². The third-order valence-electron chi connectivity index (χ3n) is 9.29. The first-order chi connectivity index (χ1) is 21.9. The van der Waals surface area contributed by atoms with Crippen LogP contribution in [0.2, 0.25) is 0 Å². The molecule has 0 radical (unpaired) electrons. The maximum atomic E-state index is 12.7. The van der Waals surface area contributed by atoms with Gasteiger partial charge in [-0.25, -0.2) is 0 Å². The number of carboxylic acid groups (broad SMARTS) is 1. The van der Waals surface area contributed by atoms with E-state index in [1.807, 2.05) is 0 Å². The second kappa shape index (κ2) is 25.4. The molecular weight excluding hydrogens is 572 g/mol. The van der Waals surface area contributed by atoms with Crippen molar-refractivity contribution in [2.75, 3.05) is 13.2 Å². The molecule has 1 N–H and O–H groups in total. The molecule has 0 spiro atoms. The standard InChI is InChI=1S/C37H66O8/c1-3-5-7-9-11-13-15-21-31-33(44-31)23-17-19-27-42-36(40)29-30(25-26-35(38)39)37(41)43-28-20-18-24-34-32(45-34)22-16-14-12-10-8-6-4-2/h30-34H,3-29H2,1-2H3,(H,38,39). The lowest BCUT2D eigenvalue weighted by atomic mass is 9.99. The van der Waals surface area contributed by atoms with Gasteiger partial charge in [0.15, 0.2) is 0 Å². The molecule has 0 saturated carbocycles. The zero-order chi connectivity index (χ0) is 32.5. The van der Waals surface area contributed by atoms with E-state index in [2.05, 4.69) is 13.8 Å². The van der Waals surface area contributed by atoms with E-state index >= 15 is 0 Å². The number of epoxide rings is 2. The maximum Gasteiger partial charge on any atom is 0.309 e. The van der Waals surface area contributed by atoms with Gasteiger partial charge >= 0.3 is 17.9 Å². The van der Waals surface area contributed by atoms with Crippen LogP contribution in [0.25, 0.3) is 0 Å². The van der Waals surface area contributed by atoms with Crippen LogP contribution in [0.15, 0.2) is 0 Å². The zero-order valence-corrected chi connectivity index (χ0v) is 28.8. The lowest BCUT2D eigenvalue weighted by Crippen LogP contribution is -2.23. The number of carbonyl (C=O) groups excluding carboxylic acids is 2. The van der Waals surface area contributed by atoms with Crippen LogP contribution in [0.3, 0.4) is 0 Å². The summed E-state index contributed by atoms with van der Waals surface area (Å²) in [6.07, 6.45) is 27.2. The smallest absolute Gasteiger partial charge is 0.309 e. The molecule has 2 heterocycles. The van der Waals surface area contributed by atoms with Gasteiger partial charge < -0.3 is 24.1 Å². The van der Waals surface area contributed by atoms with Crippen LogP contribution in [0, 0.1) is 5.92 Å². The number of unbranched alkanes of at least 4 members (excludes halogenated alkanes) is 14. The van der Waals surface area contributed by atoms with Crippen molar-refractivity contribution in [2.24, 2.45) is 5.92 Å². The monoisotopic (exact) mass is 638 g/mol. The number of rotatable bonds is 32. The number of carbonyl (C=O) groups is 3. The molecule has 0 amide bonds. The van der Waals surface area contributed by atoms with Gasteiger partial charge in [0.2, 0.25) is 0 Å². The van der Waals surface area contributed by atoms with Gasteiger partial charge in [0.05, 0.1) is 50.0 Å². The molecule has 0 aliphatic carbocycles. The van der Waals surface area contributed by atoms with Crippen LogP contribution in [-0.2, 0) is 33.3 Å². The summed E-state index contributed by atoms with van der Waals surface area (Å²) in [7, 11) is 0. The predicted octanol–water partition coefficient (Wildman–Crippen LogP) is 9.10. The van der Waals surface area contributed by atoms with E-state index in [0.29, 0.717) is 31.0 Å². The third kappa shape index (κ3) is 20.9. The summed E-state index contributed by atoms with van der Waals surface area (Å²) < 4.78 is 22.4. The lowest BCUT2D eigenvalue weighted by Gasteiger charge is -2.15. The van der Waals surface area contributed by atoms with Gasteiger partial charge in [-0.2, -0.15) is 0 Å². The summed E-state index contributed by atoms with van der Waals surface area (Å²) >= 11 is 0. The molecule has 2 aliphatic rings. The minimum absolute atomic E-state index is 0.0681. The Kier molecular flexibility index (Phi) is 22.3. The number of esters is 2. The molecule has 5 atom stereocenters. The Morgan fingerprint density at radius 3 is 1.42 bits per heavy atom. The molecule has 0 aromatic carbocycles. The van der Waals surface area contributed by atoms with Gasteiger partial charge in [0.1, 0.15) is 0 Å². The summed E-state index contributed by atoms with van der Waals surface area (Å²) in [5.41, 5.74) is 0. The molecule has 2 fully saturated rings. The van der Waals surface area contributed by atoms with Crippen LogP contribution in [0.1, 0.15) is 174 Å². The second-order valence-corrected chi connectivity index (χ2v) is 13.5. The Hall–Kier alpha value is -1.67. The average Bonchev–Trinajstić information content (AvgIpc) is 3.95. The van der Waals surface area contributed by atoms with Crippen molar-refractivity contribution < 1.29 is 38.4 Å². The van der Waals surface area contributed by atoms with E-state index in [1.165, 1.54) is 89.9 Å². The lowest BCUT2D eigenvalue weighted by molar-refractivity contribution is -0.156. The summed E-state index contributed by atoms with van der Waals surface area (Å²) in [6, 6.07) is 0. The van der Waals surface area contributed by atoms with E-state index in [9.17, 15) is 14.4 Å². The highest BCUT2D eigenvalue weighted by Gasteiger charge is 2.37. The Morgan fingerprint density at radius 2 is 0.978 bits per heavy atom. The highest BCUT2D eigenvalue weighted by atomic mass is 16.6. The van der Waals surface area contributed by atoms with E-state index in [0.717, 1.165) is 51.4 Å². The molecule has 8 heteroatoms. The van der Waals surface area contributed by atoms with Crippen LogP contribution in [-0.4, -0.2) is 60.6 Å². The first-order valence-electron chi connectivity index (χ1n) is 18.8. The third-order valence-corrected chi connectivity index (χ3v) is 9.29. The van der Waals surface area contributed by atoms with Crippen LogP contribution < -0.4 is 0 Å². The first kappa shape index (κ1) is 39.5. The molecule has 0 bridgehead atoms. The largest absolute Gasteiger partial charge is 0.481 e. The van der Waals surface area contributed by atoms with Crippen molar-refractivity contribution in [3.63, 3.8) is 0 Å². The first-order valence-corrected chi connectivity index (χ1v) is 18.8. The molecule has 2 saturated heterocycles. The number of hydrogen-bond donors (Lipinski definition) is 1. The quantitative estimate of drug-likeness (QED) is 0.0441. The Labute approximate surface area is 274 Å². The van der Waals surface area contributed by atoms with Crippen molar-refractivity contribution >= 4 is 17.9 Å². The van der Waals surface area contributed by atoms with Crippen molar-refractivity contribution in [1.82, 2.24) is 0 Å². The molecule has 0 aromatic rings. The molecule has 262 valence electrons. The Bertz CT molecular complexity index is 786. The van der Waals surface area contributed by atoms with Crippen molar-refractivity contribution in [2.45, 2.75) is 199 Å². The van der Waals surface area contributed by atoms with Crippen molar-refractivity contribution in [3.05, 3.63) is 0 Å². The SMILES string of the molecule is CCCCCCCCCC1OC1CCCCOC(=O)CC(CCC(=O)O)C(=O)OCCCCC1OC1CCCCCCCCC. The van der Waals surface area contributed by atoms with Crippen molar-refractivity contribution in [3.8, 4) is 0 Å². The highest BCUT2D eigenvalue weighted by Crippen LogP contribution is 2.32. The molecular formula is C37H66O8. The van der Waals surface area contributed by atoms with Gasteiger partial charge in [0.25, 0.3) is 0 Å². The molecule has 0 aromatic heterocycles. The van der Waals surface area contributed by atoms with Gasteiger partial charge in [-0.1, -0.05) is 104 Å². The van der Waals surface area contributed by atoms with Gasteiger partial charge in [-0.3, -0.25) is 14.4 Å². The minimum atomic E-state index is -0.996. The summed E-state index contributed by atoms with van der Waals surface area (Å²) in [5, 5.41) is 9.09. The van der Waals surface area contributed by atoms with E-state index in [1.54, 1.807) is 0 Å². The fourth-order valence-corrected chi connectivity index (χ4v) is 6.21. The second-order valence-electron chi connectivity index (χ2n) is 13.5. The van der Waals surface area contributed by atoms with Crippen LogP contribution >= 0.6 is 0 Å². The fourth-order valence-electron chi connectivity index (χ4n) is 6.21. The molecule has 45 heavy (non-hydrogen) atoms. The fraction of sp³-hybridized carbons (Fsp3) is 0.919. The molecule has 2 rings (SSSR count). The molecule has 5 unspecified atom stereocenters. The Balaban J connectivity index is 1.47. The number of hydrogen-bond acceptors (Lipinski definition) is 7. The minimum Gasteiger partial charge on any atom is -0.481 e. The average molecular weight is 639 g/mol. The number of carboxylic acids is 1. The van der Waals surface area contributed by atoms with E-state index in [-0.39, 0.29) is 25.9 Å². The maximum absolute atomic E-state index is 12.7. The molecule has 2 aliphatic heterocycles. The normalized spacial score (nSPS) is 20.9. The number of ether oxygens (including phenoxy) is 4. The van der Waals surface area contributed by atoms with Gasteiger partial charge in [-0.15, -0.1) is 0 Å². The van der Waals surface area contributed by atoms with Crippen molar-refractivity contribution in [1.29, 1.82) is 0 Å². The zero-order valence-electron chi connectivity index (χ0n) is 28.8. The topological polar surface area (TPSA) is 115 Å². The number of aliphatic carboxylic acids is 1. The highest BCUT2D eigenvalue weighted by molar-refractivity contribution is 5.80. The van der Waals surface area contributed by atoms with E-state index in [4.69, 9.17) is 24.1 Å². The summed E-state index contributed by atoms with van der Waals surface area (Å²) in [5.74, 6) is -2.77.